The predicted octanol–water partition coefficient (Wildman–Crippen LogP) is 1.73. The quantitative estimate of drug-likeness (QED) is 0.552. The molecule has 0 atom stereocenters. The molecule has 0 aromatic carbocycles. The molecule has 0 fully saturated rings. The van der Waals surface area contributed by atoms with Gasteiger partial charge in [0.1, 0.15) is 4.60 Å². The van der Waals surface area contributed by atoms with Gasteiger partial charge >= 0.3 is 0 Å². The van der Waals surface area contributed by atoms with Crippen LogP contribution in [-0.4, -0.2) is 11.2 Å². The Morgan fingerprint density at radius 3 is 2.82 bits per heavy atom. The van der Waals surface area contributed by atoms with Gasteiger partial charge in [-0.1, -0.05) is 0 Å². The monoisotopic (exact) mass is 213 g/mol. The van der Waals surface area contributed by atoms with Crippen molar-refractivity contribution in [3.63, 3.8) is 0 Å². The van der Waals surface area contributed by atoms with Crippen LogP contribution in [0.15, 0.2) is 10.8 Å². The Morgan fingerprint density at radius 2 is 2.36 bits per heavy atom. The van der Waals surface area contributed by atoms with Gasteiger partial charge in [-0.3, -0.25) is 0 Å². The molecule has 1 rings (SSSR count). The van der Waals surface area contributed by atoms with Gasteiger partial charge in [-0.2, -0.15) is 0 Å². The number of nitrogens with one attached hydrogen (secondary N) is 1. The summed E-state index contributed by atoms with van der Waals surface area (Å²) in [5, 5.41) is 7.07. The summed E-state index contributed by atoms with van der Waals surface area (Å²) in [6, 6.07) is 0. The van der Waals surface area contributed by atoms with E-state index >= 15 is 0 Å². The van der Waals surface area contributed by atoms with Crippen molar-refractivity contribution in [2.75, 3.05) is 5.73 Å². The van der Waals surface area contributed by atoms with Crippen molar-refractivity contribution in [3.05, 3.63) is 21.9 Å². The molecule has 3 nitrogen and oxygen atoms in total. The van der Waals surface area contributed by atoms with Gasteiger partial charge in [0.05, 0.1) is 11.9 Å². The lowest BCUT2D eigenvalue weighted by Crippen LogP contribution is -1.98. The van der Waals surface area contributed by atoms with E-state index in [0.717, 1.165) is 15.7 Å². The largest absolute Gasteiger partial charge is 0.397 e. The number of aromatic nitrogens is 1. The minimum atomic E-state index is 0.542. The first-order valence-electron chi connectivity index (χ1n) is 3.08. The van der Waals surface area contributed by atoms with Crippen molar-refractivity contribution in [2.45, 2.75) is 6.92 Å². The molecule has 0 aliphatic carbocycles. The van der Waals surface area contributed by atoms with E-state index in [1.165, 1.54) is 12.4 Å². The highest BCUT2D eigenvalue weighted by Gasteiger charge is 2.03. The molecule has 0 saturated carbocycles. The fourth-order valence-corrected chi connectivity index (χ4v) is 1.13. The zero-order valence-electron chi connectivity index (χ0n) is 6.06. The van der Waals surface area contributed by atoms with Gasteiger partial charge in [0.25, 0.3) is 0 Å². The van der Waals surface area contributed by atoms with E-state index in [1.807, 2.05) is 6.92 Å². The number of hydrogen-bond acceptors (Lipinski definition) is 3. The van der Waals surface area contributed by atoms with Crippen molar-refractivity contribution < 1.29 is 0 Å². The zero-order valence-corrected chi connectivity index (χ0v) is 7.64. The molecule has 0 unspecified atom stereocenters. The predicted molar refractivity (Wildman–Crippen MR) is 49.0 cm³/mol. The lowest BCUT2D eigenvalue weighted by atomic mass is 10.1. The summed E-state index contributed by atoms with van der Waals surface area (Å²) in [6.07, 6.45) is 2.77. The van der Waals surface area contributed by atoms with Crippen molar-refractivity contribution in [1.29, 1.82) is 5.41 Å². The molecule has 0 saturated heterocycles. The van der Waals surface area contributed by atoms with Crippen molar-refractivity contribution >= 4 is 27.8 Å². The van der Waals surface area contributed by atoms with Gasteiger partial charge < -0.3 is 11.1 Å². The number of nitrogen functional groups attached to an aromatic ring is 1. The summed E-state index contributed by atoms with van der Waals surface area (Å²) in [7, 11) is 0. The maximum absolute atomic E-state index is 7.07. The van der Waals surface area contributed by atoms with Gasteiger partial charge in [0, 0.05) is 11.8 Å². The smallest absolute Gasteiger partial charge is 0.109 e. The van der Waals surface area contributed by atoms with Gasteiger partial charge in [0.2, 0.25) is 0 Å². The molecule has 0 bridgehead atoms. The second-order valence-electron chi connectivity index (χ2n) is 2.19. The molecule has 1 aromatic heterocycles. The fraction of sp³-hybridized carbons (Fsp3) is 0.143. The minimum absolute atomic E-state index is 0.542. The van der Waals surface area contributed by atoms with E-state index in [4.69, 9.17) is 11.1 Å². The Morgan fingerprint density at radius 1 is 1.73 bits per heavy atom. The van der Waals surface area contributed by atoms with Crippen LogP contribution in [0.2, 0.25) is 0 Å². The summed E-state index contributed by atoms with van der Waals surface area (Å²) in [5.41, 5.74) is 7.74. The molecule has 0 aliphatic rings. The van der Waals surface area contributed by atoms with Crippen LogP contribution in [0.25, 0.3) is 0 Å². The van der Waals surface area contributed by atoms with Crippen LogP contribution in [0.5, 0.6) is 0 Å². The summed E-state index contributed by atoms with van der Waals surface area (Å²) in [4.78, 5) is 3.98. The summed E-state index contributed by atoms with van der Waals surface area (Å²) >= 11 is 3.25. The van der Waals surface area contributed by atoms with E-state index < -0.39 is 0 Å². The molecule has 0 spiro atoms. The Balaban J connectivity index is 3.40. The number of hydrogen-bond donors (Lipinski definition) is 2. The molecule has 0 aliphatic heterocycles. The summed E-state index contributed by atoms with van der Waals surface area (Å²) < 4.78 is 0.741. The van der Waals surface area contributed by atoms with Crippen molar-refractivity contribution in [2.24, 2.45) is 0 Å². The highest BCUT2D eigenvalue weighted by Crippen LogP contribution is 2.19. The minimum Gasteiger partial charge on any atom is -0.397 e. The first-order valence-corrected chi connectivity index (χ1v) is 3.87. The normalized spacial score (nSPS) is 9.64. The molecule has 0 radical (unpaired) electrons. The number of rotatable bonds is 1. The van der Waals surface area contributed by atoms with E-state index in [2.05, 4.69) is 20.9 Å². The third kappa shape index (κ3) is 1.40. The maximum atomic E-state index is 7.07. The van der Waals surface area contributed by atoms with Crippen LogP contribution in [0.3, 0.4) is 0 Å². The first-order chi connectivity index (χ1) is 5.16. The highest BCUT2D eigenvalue weighted by molar-refractivity contribution is 9.10. The number of halogens is 1. The molecule has 58 valence electrons. The van der Waals surface area contributed by atoms with E-state index in [0.29, 0.717) is 5.69 Å². The Bertz CT molecular complexity index is 296. The first kappa shape index (κ1) is 8.20. The molecule has 4 heteroatoms. The van der Waals surface area contributed by atoms with Crippen LogP contribution in [-0.2, 0) is 0 Å². The second kappa shape index (κ2) is 3.00. The number of pyridine rings is 1. The van der Waals surface area contributed by atoms with Crippen LogP contribution in [0.1, 0.15) is 11.1 Å². The van der Waals surface area contributed by atoms with Crippen LogP contribution < -0.4 is 5.73 Å². The molecule has 11 heavy (non-hydrogen) atoms. The Kier molecular flexibility index (Phi) is 2.24. The second-order valence-corrected chi connectivity index (χ2v) is 2.94. The third-order valence-corrected chi connectivity index (χ3v) is 2.29. The highest BCUT2D eigenvalue weighted by atomic mass is 79.9. The number of nitrogens with zero attached hydrogens (tertiary/aromatic N) is 1. The third-order valence-electron chi connectivity index (χ3n) is 1.49. The van der Waals surface area contributed by atoms with Crippen LogP contribution in [0, 0.1) is 12.3 Å². The topological polar surface area (TPSA) is 62.8 Å². The molecule has 0 amide bonds. The summed E-state index contributed by atoms with van der Waals surface area (Å²) in [6.45, 7) is 1.87. The Hall–Kier alpha value is -0.900. The van der Waals surface area contributed by atoms with E-state index in [-0.39, 0.29) is 0 Å². The Labute approximate surface area is 73.3 Å². The van der Waals surface area contributed by atoms with E-state index in [9.17, 15) is 0 Å². The zero-order chi connectivity index (χ0) is 8.43. The van der Waals surface area contributed by atoms with Crippen molar-refractivity contribution in [3.8, 4) is 0 Å². The number of anilines is 1. The average Bonchev–Trinajstić information content (AvgIpc) is 1.99. The number of nitrogens with two attached hydrogens (primary N) is 1. The molecule has 1 heterocycles. The fourth-order valence-electron chi connectivity index (χ4n) is 0.812. The maximum Gasteiger partial charge on any atom is 0.109 e. The van der Waals surface area contributed by atoms with Gasteiger partial charge in [-0.05, 0) is 28.4 Å². The molecule has 1 aromatic rings. The average molecular weight is 214 g/mol. The summed E-state index contributed by atoms with van der Waals surface area (Å²) in [5.74, 6) is 0. The van der Waals surface area contributed by atoms with Gasteiger partial charge in [0.15, 0.2) is 0 Å². The SMILES string of the molecule is Cc1c(Br)ncc(N)c1C=N. The molecular weight excluding hydrogens is 206 g/mol. The van der Waals surface area contributed by atoms with Gasteiger partial charge in [-0.15, -0.1) is 0 Å². The molecular formula is C7H8BrN3. The van der Waals surface area contributed by atoms with Gasteiger partial charge in [-0.25, -0.2) is 4.98 Å². The molecule has 3 N–H and O–H groups in total. The van der Waals surface area contributed by atoms with Crippen molar-refractivity contribution in [1.82, 2.24) is 4.98 Å². The van der Waals surface area contributed by atoms with E-state index in [1.54, 1.807) is 0 Å². The van der Waals surface area contributed by atoms with Crippen LogP contribution in [0.4, 0.5) is 5.69 Å². The lowest BCUT2D eigenvalue weighted by Gasteiger charge is -2.03. The standard InChI is InChI=1S/C7H8BrN3/c1-4-5(2-9)6(10)3-11-7(4)8/h2-3,9H,10H2,1H3. The van der Waals surface area contributed by atoms with Crippen LogP contribution >= 0.6 is 15.9 Å². The lowest BCUT2D eigenvalue weighted by molar-refractivity contribution is 1.21.